The summed E-state index contributed by atoms with van der Waals surface area (Å²) in [5, 5.41) is 5.66. The third-order valence-electron chi connectivity index (χ3n) is 4.54. The SMILES string of the molecule is C[C@H](NC(=O)CC1CCCCC1)C(=O)NCCc1nccn1C. The second-order valence-corrected chi connectivity index (χ2v) is 6.49. The highest BCUT2D eigenvalue weighted by Gasteiger charge is 2.20. The van der Waals surface area contributed by atoms with Crippen LogP contribution >= 0.6 is 0 Å². The maximum absolute atomic E-state index is 12.0. The molecule has 6 heteroatoms. The van der Waals surface area contributed by atoms with Crippen molar-refractivity contribution in [3.63, 3.8) is 0 Å². The van der Waals surface area contributed by atoms with Gasteiger partial charge in [-0.1, -0.05) is 19.3 Å². The van der Waals surface area contributed by atoms with Crippen LogP contribution in [0.2, 0.25) is 0 Å². The van der Waals surface area contributed by atoms with E-state index in [9.17, 15) is 9.59 Å². The first-order valence-corrected chi connectivity index (χ1v) is 8.59. The Labute approximate surface area is 138 Å². The molecule has 0 unspecified atom stereocenters. The summed E-state index contributed by atoms with van der Waals surface area (Å²) < 4.78 is 1.93. The van der Waals surface area contributed by atoms with Crippen LogP contribution in [0, 0.1) is 5.92 Å². The molecule has 1 atom stereocenters. The van der Waals surface area contributed by atoms with Gasteiger partial charge in [0.15, 0.2) is 0 Å². The summed E-state index contributed by atoms with van der Waals surface area (Å²) in [5.74, 6) is 1.27. The maximum Gasteiger partial charge on any atom is 0.242 e. The maximum atomic E-state index is 12.0. The molecule has 2 rings (SSSR count). The van der Waals surface area contributed by atoms with Gasteiger partial charge in [-0.25, -0.2) is 4.98 Å². The number of carbonyl (C=O) groups is 2. The third kappa shape index (κ3) is 5.69. The lowest BCUT2D eigenvalue weighted by molar-refractivity contribution is -0.129. The van der Waals surface area contributed by atoms with E-state index < -0.39 is 6.04 Å². The van der Waals surface area contributed by atoms with Crippen molar-refractivity contribution in [2.45, 2.75) is 57.9 Å². The van der Waals surface area contributed by atoms with Crippen LogP contribution in [0.15, 0.2) is 12.4 Å². The summed E-state index contributed by atoms with van der Waals surface area (Å²) in [5.41, 5.74) is 0. The Morgan fingerprint density at radius 1 is 1.35 bits per heavy atom. The van der Waals surface area contributed by atoms with Gasteiger partial charge in [-0.05, 0) is 25.7 Å². The second kappa shape index (κ2) is 8.70. The Bertz CT molecular complexity index is 520. The quantitative estimate of drug-likeness (QED) is 0.800. The van der Waals surface area contributed by atoms with E-state index in [0.29, 0.717) is 25.3 Å². The lowest BCUT2D eigenvalue weighted by Gasteiger charge is -2.22. The molecular formula is C17H28N4O2. The predicted octanol–water partition coefficient (Wildman–Crippen LogP) is 1.55. The van der Waals surface area contributed by atoms with E-state index in [0.717, 1.165) is 18.7 Å². The topological polar surface area (TPSA) is 76.0 Å². The monoisotopic (exact) mass is 320 g/mol. The molecule has 0 radical (unpaired) electrons. The summed E-state index contributed by atoms with van der Waals surface area (Å²) in [4.78, 5) is 28.3. The molecule has 0 saturated heterocycles. The van der Waals surface area contributed by atoms with Crippen molar-refractivity contribution in [1.29, 1.82) is 0 Å². The number of aryl methyl sites for hydroxylation is 1. The predicted molar refractivity (Wildman–Crippen MR) is 88.7 cm³/mol. The van der Waals surface area contributed by atoms with Gasteiger partial charge >= 0.3 is 0 Å². The van der Waals surface area contributed by atoms with E-state index in [1.807, 2.05) is 17.8 Å². The number of carbonyl (C=O) groups excluding carboxylic acids is 2. The Kier molecular flexibility index (Phi) is 6.62. The molecule has 1 aromatic rings. The molecular weight excluding hydrogens is 292 g/mol. The van der Waals surface area contributed by atoms with Crippen LogP contribution in [0.5, 0.6) is 0 Å². The first-order valence-electron chi connectivity index (χ1n) is 8.59. The van der Waals surface area contributed by atoms with Gasteiger partial charge in [0.2, 0.25) is 11.8 Å². The third-order valence-corrected chi connectivity index (χ3v) is 4.54. The zero-order valence-corrected chi connectivity index (χ0v) is 14.2. The van der Waals surface area contributed by atoms with Crippen molar-refractivity contribution in [3.8, 4) is 0 Å². The van der Waals surface area contributed by atoms with Crippen LogP contribution in [-0.4, -0.2) is 34.0 Å². The van der Waals surface area contributed by atoms with E-state index in [1.54, 1.807) is 13.1 Å². The molecule has 1 fully saturated rings. The van der Waals surface area contributed by atoms with Gasteiger partial charge in [-0.2, -0.15) is 0 Å². The number of imidazole rings is 1. The van der Waals surface area contributed by atoms with Crippen molar-refractivity contribution in [1.82, 2.24) is 20.2 Å². The minimum absolute atomic E-state index is 0.0105. The molecule has 2 N–H and O–H groups in total. The highest BCUT2D eigenvalue weighted by Crippen LogP contribution is 2.26. The van der Waals surface area contributed by atoms with Gasteiger partial charge in [0.1, 0.15) is 11.9 Å². The fraction of sp³-hybridized carbons (Fsp3) is 0.706. The fourth-order valence-corrected chi connectivity index (χ4v) is 3.11. The molecule has 0 aliphatic heterocycles. The number of amides is 2. The van der Waals surface area contributed by atoms with E-state index in [1.165, 1.54) is 19.3 Å². The number of hydrogen-bond donors (Lipinski definition) is 2. The molecule has 0 spiro atoms. The number of aromatic nitrogens is 2. The normalized spacial score (nSPS) is 16.8. The van der Waals surface area contributed by atoms with E-state index in [4.69, 9.17) is 0 Å². The average molecular weight is 320 g/mol. The molecule has 6 nitrogen and oxygen atoms in total. The molecule has 1 aromatic heterocycles. The van der Waals surface area contributed by atoms with Crippen LogP contribution in [0.3, 0.4) is 0 Å². The molecule has 1 aliphatic carbocycles. The van der Waals surface area contributed by atoms with Gasteiger partial charge in [-0.15, -0.1) is 0 Å². The van der Waals surface area contributed by atoms with Gasteiger partial charge in [0.25, 0.3) is 0 Å². The molecule has 1 saturated carbocycles. The zero-order valence-electron chi connectivity index (χ0n) is 14.2. The largest absolute Gasteiger partial charge is 0.354 e. The van der Waals surface area contributed by atoms with Crippen LogP contribution in [0.4, 0.5) is 0 Å². The van der Waals surface area contributed by atoms with E-state index >= 15 is 0 Å². The van der Waals surface area contributed by atoms with Crippen LogP contribution in [0.1, 0.15) is 51.3 Å². The summed E-state index contributed by atoms with van der Waals surface area (Å²) >= 11 is 0. The summed E-state index contributed by atoms with van der Waals surface area (Å²) in [7, 11) is 1.93. The standard InChI is InChI=1S/C17H28N4O2/c1-13(20-16(22)12-14-6-4-3-5-7-14)17(23)19-9-8-15-18-10-11-21(15)2/h10-11,13-14H,3-9,12H2,1-2H3,(H,19,23)(H,20,22)/t13-/m0/s1. The molecule has 23 heavy (non-hydrogen) atoms. The van der Waals surface area contributed by atoms with Crippen molar-refractivity contribution in [2.24, 2.45) is 13.0 Å². The smallest absolute Gasteiger partial charge is 0.242 e. The van der Waals surface area contributed by atoms with Gasteiger partial charge in [0.05, 0.1) is 0 Å². The Balaban J connectivity index is 1.65. The van der Waals surface area contributed by atoms with Crippen molar-refractivity contribution >= 4 is 11.8 Å². The number of nitrogens with one attached hydrogen (secondary N) is 2. The molecule has 1 heterocycles. The second-order valence-electron chi connectivity index (χ2n) is 6.49. The van der Waals surface area contributed by atoms with Crippen molar-refractivity contribution in [2.75, 3.05) is 6.54 Å². The first-order chi connectivity index (χ1) is 11.1. The molecule has 128 valence electrons. The molecule has 2 amide bonds. The number of hydrogen-bond acceptors (Lipinski definition) is 3. The minimum atomic E-state index is -0.493. The van der Waals surface area contributed by atoms with Crippen molar-refractivity contribution < 1.29 is 9.59 Å². The minimum Gasteiger partial charge on any atom is -0.354 e. The zero-order chi connectivity index (χ0) is 16.7. The molecule has 1 aliphatic rings. The highest BCUT2D eigenvalue weighted by atomic mass is 16.2. The number of nitrogens with zero attached hydrogens (tertiary/aromatic N) is 2. The van der Waals surface area contributed by atoms with Gasteiger partial charge in [0, 0.05) is 38.8 Å². The van der Waals surface area contributed by atoms with E-state index in [2.05, 4.69) is 15.6 Å². The van der Waals surface area contributed by atoms with Crippen LogP contribution in [-0.2, 0) is 23.1 Å². The van der Waals surface area contributed by atoms with Gasteiger partial charge < -0.3 is 15.2 Å². The Morgan fingerprint density at radius 3 is 2.74 bits per heavy atom. The van der Waals surface area contributed by atoms with Crippen LogP contribution in [0.25, 0.3) is 0 Å². The number of rotatable bonds is 7. The highest BCUT2D eigenvalue weighted by molar-refractivity contribution is 5.87. The summed E-state index contributed by atoms with van der Waals surface area (Å²) in [6.07, 6.45) is 10.9. The molecule has 0 bridgehead atoms. The fourth-order valence-electron chi connectivity index (χ4n) is 3.11. The lowest BCUT2D eigenvalue weighted by Crippen LogP contribution is -2.45. The Morgan fingerprint density at radius 2 is 2.09 bits per heavy atom. The molecule has 0 aromatic carbocycles. The summed E-state index contributed by atoms with van der Waals surface area (Å²) in [6.45, 7) is 2.25. The average Bonchev–Trinajstić information content (AvgIpc) is 2.93. The van der Waals surface area contributed by atoms with Crippen LogP contribution < -0.4 is 10.6 Å². The Hall–Kier alpha value is -1.85. The lowest BCUT2D eigenvalue weighted by atomic mass is 9.87. The van der Waals surface area contributed by atoms with E-state index in [-0.39, 0.29) is 11.8 Å². The van der Waals surface area contributed by atoms with Crippen molar-refractivity contribution in [3.05, 3.63) is 18.2 Å². The van der Waals surface area contributed by atoms with Gasteiger partial charge in [-0.3, -0.25) is 9.59 Å². The first kappa shape index (κ1) is 17.5. The summed E-state index contributed by atoms with van der Waals surface area (Å²) in [6, 6.07) is -0.493.